The lowest BCUT2D eigenvalue weighted by Gasteiger charge is -1.93. The van der Waals surface area contributed by atoms with Crippen LogP contribution in [0.4, 0.5) is 0 Å². The van der Waals surface area contributed by atoms with E-state index in [1.54, 1.807) is 0 Å². The molecule has 0 saturated carbocycles. The van der Waals surface area contributed by atoms with E-state index in [0.717, 1.165) is 0 Å². The Balaban J connectivity index is 3.00. The van der Waals surface area contributed by atoms with E-state index in [2.05, 4.69) is 0 Å². The first-order valence-corrected chi connectivity index (χ1v) is 2.79. The molecule has 1 N–H and O–H groups in total. The minimum absolute atomic E-state index is 0.130. The van der Waals surface area contributed by atoms with Crippen LogP contribution < -0.4 is 0 Å². The summed E-state index contributed by atoms with van der Waals surface area (Å²) >= 11 is 0. The Labute approximate surface area is 59.9 Å². The molecule has 0 aliphatic rings. The Morgan fingerprint density at radius 1 is 1.30 bits per heavy atom. The fourth-order valence-electron chi connectivity index (χ4n) is 0.626. The van der Waals surface area contributed by atoms with Gasteiger partial charge in [-0.3, -0.25) is 0 Å². The van der Waals surface area contributed by atoms with Crippen LogP contribution in [-0.2, 0) is 0 Å². The Kier molecular flexibility index (Phi) is 1.76. The number of hydrogen-bond donors (Lipinski definition) is 1. The van der Waals surface area contributed by atoms with Gasteiger partial charge in [0.15, 0.2) is 7.85 Å². The van der Waals surface area contributed by atoms with Crippen molar-refractivity contribution < 1.29 is 9.90 Å². The van der Waals surface area contributed by atoms with Crippen LogP contribution >= 0.6 is 0 Å². The summed E-state index contributed by atoms with van der Waals surface area (Å²) in [5.41, 5.74) is -0.0854. The van der Waals surface area contributed by atoms with Gasteiger partial charge in [0.1, 0.15) is 11.4 Å². The Hall–Kier alpha value is -1.25. The van der Waals surface area contributed by atoms with E-state index in [1.165, 1.54) is 24.3 Å². The zero-order chi connectivity index (χ0) is 7.56. The Morgan fingerprint density at radius 3 is 2.20 bits per heavy atom. The average Bonchev–Trinajstić information content (AvgIpc) is 1.88. The molecule has 0 fully saturated rings. The number of phenolic OH excluding ortho intramolecular Hbond substituents is 1. The van der Waals surface area contributed by atoms with Crippen LogP contribution in [0.15, 0.2) is 24.3 Å². The first kappa shape index (κ1) is 6.87. The van der Waals surface area contributed by atoms with E-state index < -0.39 is 5.68 Å². The third-order valence-electron chi connectivity index (χ3n) is 1.15. The van der Waals surface area contributed by atoms with Crippen LogP contribution in [0.2, 0.25) is 0 Å². The van der Waals surface area contributed by atoms with E-state index in [9.17, 15) is 4.79 Å². The molecule has 1 aromatic rings. The molecule has 2 radical (unpaired) electrons. The molecule has 0 atom stereocenters. The molecule has 3 heteroatoms. The molecule has 10 heavy (non-hydrogen) atoms. The van der Waals surface area contributed by atoms with Gasteiger partial charge in [-0.15, -0.1) is 0 Å². The quantitative estimate of drug-likeness (QED) is 0.571. The van der Waals surface area contributed by atoms with Crippen molar-refractivity contribution in [2.75, 3.05) is 0 Å². The first-order chi connectivity index (χ1) is 4.70. The lowest BCUT2D eigenvalue weighted by molar-refractivity contribution is 0.108. The molecule has 0 bridgehead atoms. The minimum atomic E-state index is -0.486. The molecule has 0 heterocycles. The van der Waals surface area contributed by atoms with E-state index in [-0.39, 0.29) is 5.75 Å². The second-order valence-electron chi connectivity index (χ2n) is 1.91. The van der Waals surface area contributed by atoms with Gasteiger partial charge < -0.3 is 9.90 Å². The highest BCUT2D eigenvalue weighted by Gasteiger charge is 1.95. The van der Waals surface area contributed by atoms with Crippen molar-refractivity contribution in [1.82, 2.24) is 0 Å². The van der Waals surface area contributed by atoms with Crippen molar-refractivity contribution in [3.63, 3.8) is 0 Å². The zero-order valence-corrected chi connectivity index (χ0v) is 5.24. The highest BCUT2D eigenvalue weighted by atomic mass is 16.3. The molecule has 0 aliphatic carbocycles. The predicted octanol–water partition coefficient (Wildman–Crippen LogP) is 0.701. The van der Waals surface area contributed by atoms with Crippen LogP contribution in [0.5, 0.6) is 5.75 Å². The zero-order valence-electron chi connectivity index (χ0n) is 5.24. The van der Waals surface area contributed by atoms with Crippen LogP contribution in [0.3, 0.4) is 0 Å². The van der Waals surface area contributed by atoms with Gasteiger partial charge in [0.05, 0.1) is 0 Å². The van der Waals surface area contributed by atoms with Crippen LogP contribution in [0, 0.1) is 0 Å². The molecule has 0 spiro atoms. The van der Waals surface area contributed by atoms with Crippen LogP contribution in [0.25, 0.3) is 0 Å². The predicted molar refractivity (Wildman–Crippen MR) is 38.2 cm³/mol. The topological polar surface area (TPSA) is 37.3 Å². The molecule has 2 nitrogen and oxygen atoms in total. The van der Waals surface area contributed by atoms with Gasteiger partial charge in [0.25, 0.3) is 0 Å². The van der Waals surface area contributed by atoms with Gasteiger partial charge in [-0.1, -0.05) is 0 Å². The molecular formula is C7H5BO2. The van der Waals surface area contributed by atoms with Gasteiger partial charge in [0.2, 0.25) is 0 Å². The molecule has 48 valence electrons. The molecule has 0 aromatic heterocycles. The molecule has 0 saturated heterocycles. The van der Waals surface area contributed by atoms with Crippen molar-refractivity contribution in [1.29, 1.82) is 0 Å². The summed E-state index contributed by atoms with van der Waals surface area (Å²) in [5, 5.41) is 8.79. The van der Waals surface area contributed by atoms with E-state index in [1.807, 2.05) is 0 Å². The van der Waals surface area contributed by atoms with E-state index in [0.29, 0.717) is 5.56 Å². The number of benzene rings is 1. The Morgan fingerprint density at radius 2 is 1.80 bits per heavy atom. The molecule has 1 rings (SSSR count). The number of phenols is 1. The highest BCUT2D eigenvalue weighted by molar-refractivity contribution is 6.62. The molecule has 0 amide bonds. The van der Waals surface area contributed by atoms with Gasteiger partial charge in [-0.05, 0) is 24.3 Å². The summed E-state index contributed by atoms with van der Waals surface area (Å²) in [4.78, 5) is 10.5. The second-order valence-corrected chi connectivity index (χ2v) is 1.91. The van der Waals surface area contributed by atoms with Crippen molar-refractivity contribution >= 4 is 13.5 Å². The SMILES string of the molecule is [B]C(=O)c1ccc(O)cc1. The van der Waals surface area contributed by atoms with Gasteiger partial charge in [0, 0.05) is 5.56 Å². The van der Waals surface area contributed by atoms with Crippen molar-refractivity contribution in [3.8, 4) is 5.75 Å². The smallest absolute Gasteiger partial charge is 0.175 e. The number of hydrogen-bond acceptors (Lipinski definition) is 2. The second kappa shape index (κ2) is 2.56. The van der Waals surface area contributed by atoms with Crippen LogP contribution in [-0.4, -0.2) is 18.6 Å². The summed E-state index contributed by atoms with van der Waals surface area (Å²) < 4.78 is 0. The van der Waals surface area contributed by atoms with Gasteiger partial charge in [-0.2, -0.15) is 0 Å². The normalized spacial score (nSPS) is 9.20. The molecule has 0 unspecified atom stereocenters. The van der Waals surface area contributed by atoms with Crippen LogP contribution in [0.1, 0.15) is 10.4 Å². The van der Waals surface area contributed by atoms with Gasteiger partial charge in [-0.25, -0.2) is 0 Å². The minimum Gasteiger partial charge on any atom is -0.508 e. The maximum Gasteiger partial charge on any atom is 0.175 e. The van der Waals surface area contributed by atoms with Crippen molar-refractivity contribution in [2.24, 2.45) is 0 Å². The fraction of sp³-hybridized carbons (Fsp3) is 0. The summed E-state index contributed by atoms with van der Waals surface area (Å²) in [6.07, 6.45) is 0. The molecular weight excluding hydrogens is 127 g/mol. The number of aromatic hydroxyl groups is 1. The third kappa shape index (κ3) is 1.38. The number of rotatable bonds is 1. The highest BCUT2D eigenvalue weighted by Crippen LogP contribution is 2.08. The Bertz CT molecular complexity index is 240. The van der Waals surface area contributed by atoms with E-state index in [4.69, 9.17) is 13.0 Å². The molecule has 1 aromatic carbocycles. The lowest BCUT2D eigenvalue weighted by atomic mass is 9.95. The fourth-order valence-corrected chi connectivity index (χ4v) is 0.626. The first-order valence-electron chi connectivity index (χ1n) is 2.79. The van der Waals surface area contributed by atoms with Crippen molar-refractivity contribution in [2.45, 2.75) is 0 Å². The summed E-state index contributed by atoms with van der Waals surface area (Å²) in [6, 6.07) is 5.77. The van der Waals surface area contributed by atoms with E-state index >= 15 is 0 Å². The van der Waals surface area contributed by atoms with Crippen molar-refractivity contribution in [3.05, 3.63) is 29.8 Å². The maximum absolute atomic E-state index is 10.5. The summed E-state index contributed by atoms with van der Waals surface area (Å²) in [7, 11) is 4.94. The average molecular weight is 132 g/mol. The summed E-state index contributed by atoms with van der Waals surface area (Å²) in [6.45, 7) is 0. The van der Waals surface area contributed by atoms with Gasteiger partial charge >= 0.3 is 0 Å². The maximum atomic E-state index is 10.5. The standard InChI is InChI=1S/C7H5BO2/c8-7(10)5-1-3-6(9)4-2-5/h1-4,9H. The summed E-state index contributed by atoms with van der Waals surface area (Å²) in [5.74, 6) is 0.130. The number of carbonyl (C=O) groups excluding carboxylic acids is 1. The largest absolute Gasteiger partial charge is 0.508 e. The monoisotopic (exact) mass is 132 g/mol. The lowest BCUT2D eigenvalue weighted by Crippen LogP contribution is -1.95. The third-order valence-corrected chi connectivity index (χ3v) is 1.15. The number of carbonyl (C=O) groups is 1. The molecule has 0 aliphatic heterocycles.